The maximum Gasteiger partial charge on any atom is 0.153 e. The molecule has 5 heteroatoms. The normalized spacial score (nSPS) is 11.2. The van der Waals surface area contributed by atoms with Crippen molar-refractivity contribution in [3.63, 3.8) is 0 Å². The highest BCUT2D eigenvalue weighted by Gasteiger charge is 2.16. The molecule has 0 atom stereocenters. The van der Waals surface area contributed by atoms with Crippen LogP contribution in [0.3, 0.4) is 0 Å². The van der Waals surface area contributed by atoms with Crippen LogP contribution in [0.2, 0.25) is 0 Å². The standard InChI is InChI=1S/C28H20N4O/c29-28-25-24(19-12-14-23(15-13-19)33-22-8-2-1-3-9-22)17-30-26(27(25)31-32-28)21-11-10-18-6-4-5-7-20(18)16-21/h1-17H,(H3,29,31,32). The fourth-order valence-electron chi connectivity index (χ4n) is 4.16. The number of benzene rings is 4. The number of hydrogen-bond donors (Lipinski definition) is 2. The Balaban J connectivity index is 1.41. The molecular formula is C28H20N4O. The van der Waals surface area contributed by atoms with Crippen LogP contribution in [-0.4, -0.2) is 15.2 Å². The minimum Gasteiger partial charge on any atom is -0.457 e. The lowest BCUT2D eigenvalue weighted by Crippen LogP contribution is -1.92. The summed E-state index contributed by atoms with van der Waals surface area (Å²) in [7, 11) is 0. The second-order valence-corrected chi connectivity index (χ2v) is 7.88. The van der Waals surface area contributed by atoms with Gasteiger partial charge < -0.3 is 10.5 Å². The summed E-state index contributed by atoms with van der Waals surface area (Å²) in [4.78, 5) is 4.81. The number of aromatic amines is 1. The molecule has 6 aromatic rings. The number of nitrogens with zero attached hydrogens (tertiary/aromatic N) is 2. The molecule has 158 valence electrons. The molecule has 6 rings (SSSR count). The van der Waals surface area contributed by atoms with E-state index in [2.05, 4.69) is 40.5 Å². The quantitative estimate of drug-likeness (QED) is 0.323. The van der Waals surface area contributed by atoms with Gasteiger partial charge in [0.1, 0.15) is 11.5 Å². The number of hydrogen-bond acceptors (Lipinski definition) is 4. The van der Waals surface area contributed by atoms with Gasteiger partial charge in [0.25, 0.3) is 0 Å². The molecule has 4 aromatic carbocycles. The number of nitrogens with one attached hydrogen (secondary N) is 1. The van der Waals surface area contributed by atoms with Crippen molar-refractivity contribution in [3.05, 3.63) is 103 Å². The second kappa shape index (κ2) is 7.80. The van der Waals surface area contributed by atoms with Gasteiger partial charge in [0.05, 0.1) is 16.6 Å². The third-order valence-electron chi connectivity index (χ3n) is 5.79. The first kappa shape index (κ1) is 19.1. The van der Waals surface area contributed by atoms with Crippen LogP contribution in [0.15, 0.2) is 103 Å². The monoisotopic (exact) mass is 428 g/mol. The molecule has 0 fully saturated rings. The van der Waals surface area contributed by atoms with Crippen LogP contribution < -0.4 is 10.5 Å². The maximum atomic E-state index is 6.29. The van der Waals surface area contributed by atoms with Crippen molar-refractivity contribution >= 4 is 27.5 Å². The van der Waals surface area contributed by atoms with Crippen molar-refractivity contribution in [1.82, 2.24) is 15.2 Å². The van der Waals surface area contributed by atoms with Crippen LogP contribution in [0.5, 0.6) is 11.5 Å². The van der Waals surface area contributed by atoms with Crippen LogP contribution in [0, 0.1) is 0 Å². The molecule has 0 aliphatic carbocycles. The molecule has 0 saturated heterocycles. The van der Waals surface area contributed by atoms with Crippen molar-refractivity contribution in [2.24, 2.45) is 0 Å². The van der Waals surface area contributed by atoms with Gasteiger partial charge >= 0.3 is 0 Å². The number of rotatable bonds is 4. The van der Waals surface area contributed by atoms with Gasteiger partial charge in [-0.2, -0.15) is 5.10 Å². The van der Waals surface area contributed by atoms with Crippen molar-refractivity contribution in [2.45, 2.75) is 0 Å². The zero-order valence-corrected chi connectivity index (χ0v) is 17.7. The van der Waals surface area contributed by atoms with E-state index in [1.807, 2.05) is 72.9 Å². The molecule has 0 spiro atoms. The number of anilines is 1. The Labute approximate surface area is 190 Å². The number of fused-ring (bicyclic) bond motifs is 2. The van der Waals surface area contributed by atoms with Crippen LogP contribution in [-0.2, 0) is 0 Å². The van der Waals surface area contributed by atoms with Gasteiger partial charge in [-0.25, -0.2) is 0 Å². The van der Waals surface area contributed by atoms with Gasteiger partial charge in [-0.15, -0.1) is 0 Å². The molecule has 33 heavy (non-hydrogen) atoms. The summed E-state index contributed by atoms with van der Waals surface area (Å²) < 4.78 is 5.92. The highest BCUT2D eigenvalue weighted by molar-refractivity contribution is 6.07. The number of aromatic nitrogens is 3. The van der Waals surface area contributed by atoms with E-state index in [0.717, 1.165) is 50.2 Å². The Morgan fingerprint density at radius 1 is 0.697 bits per heavy atom. The highest BCUT2D eigenvalue weighted by atomic mass is 16.5. The first-order chi connectivity index (χ1) is 16.3. The zero-order chi connectivity index (χ0) is 22.2. The average Bonchev–Trinajstić information content (AvgIpc) is 3.26. The molecule has 2 aromatic heterocycles. The van der Waals surface area contributed by atoms with E-state index >= 15 is 0 Å². The number of para-hydroxylation sites is 1. The van der Waals surface area contributed by atoms with Crippen molar-refractivity contribution in [1.29, 1.82) is 0 Å². The lowest BCUT2D eigenvalue weighted by atomic mass is 9.99. The highest BCUT2D eigenvalue weighted by Crippen LogP contribution is 2.37. The maximum absolute atomic E-state index is 6.29. The SMILES string of the molecule is Nc1n[nH]c2c(-c3ccc4ccccc4c3)ncc(-c3ccc(Oc4ccccc4)cc3)c12. The summed E-state index contributed by atoms with van der Waals surface area (Å²) in [6.07, 6.45) is 1.87. The van der Waals surface area contributed by atoms with E-state index in [9.17, 15) is 0 Å². The topological polar surface area (TPSA) is 76.8 Å². The number of nitrogen functional groups attached to an aromatic ring is 1. The van der Waals surface area contributed by atoms with Crippen LogP contribution in [0.4, 0.5) is 5.82 Å². The van der Waals surface area contributed by atoms with Gasteiger partial charge in [0.2, 0.25) is 0 Å². The number of H-pyrrole nitrogens is 1. The zero-order valence-electron chi connectivity index (χ0n) is 17.7. The summed E-state index contributed by atoms with van der Waals surface area (Å²) >= 11 is 0. The van der Waals surface area contributed by atoms with E-state index in [4.69, 9.17) is 15.5 Å². The second-order valence-electron chi connectivity index (χ2n) is 7.88. The molecule has 2 heterocycles. The van der Waals surface area contributed by atoms with Gasteiger partial charge in [-0.1, -0.05) is 66.7 Å². The molecule has 0 bridgehead atoms. The molecule has 0 amide bonds. The van der Waals surface area contributed by atoms with E-state index in [-0.39, 0.29) is 0 Å². The predicted octanol–water partition coefficient (Wildman–Crippen LogP) is 6.82. The lowest BCUT2D eigenvalue weighted by molar-refractivity contribution is 0.483. The Hall–Kier alpha value is -4.64. The van der Waals surface area contributed by atoms with E-state index < -0.39 is 0 Å². The molecule has 5 nitrogen and oxygen atoms in total. The van der Waals surface area contributed by atoms with Gasteiger partial charge in [-0.05, 0) is 46.7 Å². The molecular weight excluding hydrogens is 408 g/mol. The summed E-state index contributed by atoms with van der Waals surface area (Å²) in [6.45, 7) is 0. The molecule has 0 saturated carbocycles. The van der Waals surface area contributed by atoms with Crippen LogP contribution in [0.1, 0.15) is 0 Å². The number of nitrogens with two attached hydrogens (primary N) is 1. The average molecular weight is 428 g/mol. The molecule has 0 unspecified atom stereocenters. The van der Waals surface area contributed by atoms with Crippen LogP contribution >= 0.6 is 0 Å². The Morgan fingerprint density at radius 3 is 2.21 bits per heavy atom. The first-order valence-electron chi connectivity index (χ1n) is 10.7. The molecule has 0 aliphatic rings. The molecule has 0 aliphatic heterocycles. The Morgan fingerprint density at radius 2 is 1.39 bits per heavy atom. The minimum atomic E-state index is 0.453. The summed E-state index contributed by atoms with van der Waals surface area (Å²) in [6, 6.07) is 32.2. The third kappa shape index (κ3) is 3.46. The number of ether oxygens (including phenoxy) is 1. The Bertz CT molecular complexity index is 1590. The van der Waals surface area contributed by atoms with Gasteiger partial charge in [0, 0.05) is 17.3 Å². The summed E-state index contributed by atoms with van der Waals surface area (Å²) in [5.41, 5.74) is 10.9. The fourth-order valence-corrected chi connectivity index (χ4v) is 4.16. The molecule has 0 radical (unpaired) electrons. The van der Waals surface area contributed by atoms with Gasteiger partial charge in [0.15, 0.2) is 5.82 Å². The summed E-state index contributed by atoms with van der Waals surface area (Å²) in [5, 5.41) is 10.6. The fraction of sp³-hybridized carbons (Fsp3) is 0. The predicted molar refractivity (Wildman–Crippen MR) is 133 cm³/mol. The van der Waals surface area contributed by atoms with E-state index in [1.54, 1.807) is 0 Å². The third-order valence-corrected chi connectivity index (χ3v) is 5.79. The van der Waals surface area contributed by atoms with Crippen molar-refractivity contribution in [2.75, 3.05) is 5.73 Å². The van der Waals surface area contributed by atoms with Gasteiger partial charge in [-0.3, -0.25) is 10.1 Å². The number of pyridine rings is 1. The van der Waals surface area contributed by atoms with Crippen LogP contribution in [0.25, 0.3) is 44.1 Å². The smallest absolute Gasteiger partial charge is 0.153 e. The van der Waals surface area contributed by atoms with E-state index in [1.165, 1.54) is 5.39 Å². The minimum absolute atomic E-state index is 0.453. The Kier molecular flexibility index (Phi) is 4.51. The lowest BCUT2D eigenvalue weighted by Gasteiger charge is -2.10. The largest absolute Gasteiger partial charge is 0.457 e. The first-order valence-corrected chi connectivity index (χ1v) is 10.7. The summed E-state index contributed by atoms with van der Waals surface area (Å²) in [5.74, 6) is 2.02. The molecule has 3 N–H and O–H groups in total. The van der Waals surface area contributed by atoms with E-state index in [0.29, 0.717) is 5.82 Å². The van der Waals surface area contributed by atoms with Crippen molar-refractivity contribution in [3.8, 4) is 33.9 Å². The van der Waals surface area contributed by atoms with Crippen molar-refractivity contribution < 1.29 is 4.74 Å².